The summed E-state index contributed by atoms with van der Waals surface area (Å²) in [7, 11) is 1.62. The minimum Gasteiger partial charge on any atom is -0.383 e. The van der Waals surface area contributed by atoms with E-state index < -0.39 is 0 Å². The van der Waals surface area contributed by atoms with E-state index in [1.165, 1.54) is 0 Å². The van der Waals surface area contributed by atoms with E-state index in [1.54, 1.807) is 12.0 Å². The Morgan fingerprint density at radius 1 is 0.955 bits per heavy atom. The number of nitrogens with zero attached hydrogens (tertiary/aromatic N) is 1. The summed E-state index contributed by atoms with van der Waals surface area (Å²) in [5.41, 5.74) is 2.22. The van der Waals surface area contributed by atoms with Crippen LogP contribution in [0.25, 0.3) is 0 Å². The molecule has 0 bridgehead atoms. The Labute approximate surface area is 131 Å². The normalized spacial score (nSPS) is 10.2. The van der Waals surface area contributed by atoms with Crippen LogP contribution in [-0.4, -0.2) is 31.2 Å². The van der Waals surface area contributed by atoms with Crippen molar-refractivity contribution in [3.63, 3.8) is 0 Å². The van der Waals surface area contributed by atoms with Gasteiger partial charge in [-0.25, -0.2) is 4.79 Å². The molecule has 0 unspecified atom stereocenters. The largest absolute Gasteiger partial charge is 0.383 e. The van der Waals surface area contributed by atoms with Crippen molar-refractivity contribution in [3.05, 3.63) is 71.8 Å². The molecule has 0 spiro atoms. The van der Waals surface area contributed by atoms with Gasteiger partial charge in [0.15, 0.2) is 0 Å². The lowest BCUT2D eigenvalue weighted by Crippen LogP contribution is -2.40. The molecule has 2 rings (SSSR count). The van der Waals surface area contributed by atoms with Crippen molar-refractivity contribution in [2.24, 2.45) is 0 Å². The molecule has 0 aliphatic carbocycles. The first-order valence-electron chi connectivity index (χ1n) is 7.39. The van der Waals surface area contributed by atoms with Crippen LogP contribution < -0.4 is 5.32 Å². The Kier molecular flexibility index (Phi) is 6.45. The summed E-state index contributed by atoms with van der Waals surface area (Å²) in [6.45, 7) is 2.18. The summed E-state index contributed by atoms with van der Waals surface area (Å²) in [6.07, 6.45) is 0. The number of methoxy groups -OCH3 is 1. The van der Waals surface area contributed by atoms with Gasteiger partial charge in [0, 0.05) is 26.7 Å². The molecule has 4 heteroatoms. The lowest BCUT2D eigenvalue weighted by Gasteiger charge is -2.23. The van der Waals surface area contributed by atoms with Gasteiger partial charge in [0.1, 0.15) is 0 Å². The van der Waals surface area contributed by atoms with E-state index in [2.05, 4.69) is 5.32 Å². The van der Waals surface area contributed by atoms with E-state index in [-0.39, 0.29) is 6.03 Å². The van der Waals surface area contributed by atoms with Crippen molar-refractivity contribution in [1.29, 1.82) is 0 Å². The van der Waals surface area contributed by atoms with E-state index in [0.717, 1.165) is 11.1 Å². The molecule has 0 heterocycles. The molecule has 4 nitrogen and oxygen atoms in total. The highest BCUT2D eigenvalue weighted by molar-refractivity contribution is 5.74. The maximum Gasteiger partial charge on any atom is 0.318 e. The Bertz CT molecular complexity index is 516. The molecular weight excluding hydrogens is 276 g/mol. The van der Waals surface area contributed by atoms with Crippen LogP contribution in [0.15, 0.2) is 60.7 Å². The van der Waals surface area contributed by atoms with Crippen LogP contribution in [0.1, 0.15) is 11.1 Å². The summed E-state index contributed by atoms with van der Waals surface area (Å²) >= 11 is 0. The molecule has 0 aromatic heterocycles. The average molecular weight is 298 g/mol. The van der Waals surface area contributed by atoms with E-state index in [1.807, 2.05) is 60.7 Å². The van der Waals surface area contributed by atoms with Crippen molar-refractivity contribution in [2.45, 2.75) is 13.1 Å². The number of benzene rings is 2. The topological polar surface area (TPSA) is 41.6 Å². The minimum atomic E-state index is -0.0789. The Balaban J connectivity index is 2.04. The quantitative estimate of drug-likeness (QED) is 0.798. The Hall–Kier alpha value is -2.33. The minimum absolute atomic E-state index is 0.0789. The third-order valence-electron chi connectivity index (χ3n) is 3.30. The first-order chi connectivity index (χ1) is 10.8. The second-order valence-electron chi connectivity index (χ2n) is 5.05. The first-order valence-corrected chi connectivity index (χ1v) is 7.39. The van der Waals surface area contributed by atoms with Crippen LogP contribution in [0.3, 0.4) is 0 Å². The average Bonchev–Trinajstić information content (AvgIpc) is 2.56. The third kappa shape index (κ3) is 5.22. The molecule has 1 N–H and O–H groups in total. The van der Waals surface area contributed by atoms with Crippen LogP contribution >= 0.6 is 0 Å². The van der Waals surface area contributed by atoms with Gasteiger partial charge in [-0.2, -0.15) is 0 Å². The smallest absolute Gasteiger partial charge is 0.318 e. The summed E-state index contributed by atoms with van der Waals surface area (Å²) in [5.74, 6) is 0. The molecule has 0 aliphatic heterocycles. The summed E-state index contributed by atoms with van der Waals surface area (Å²) < 4.78 is 4.98. The van der Waals surface area contributed by atoms with Crippen LogP contribution in [0.5, 0.6) is 0 Å². The number of amides is 2. The van der Waals surface area contributed by atoms with Crippen LogP contribution in [0, 0.1) is 0 Å². The van der Waals surface area contributed by atoms with E-state index in [0.29, 0.717) is 26.2 Å². The molecule has 2 aromatic rings. The zero-order valence-corrected chi connectivity index (χ0v) is 12.9. The summed E-state index contributed by atoms with van der Waals surface area (Å²) in [4.78, 5) is 14.2. The van der Waals surface area contributed by atoms with Crippen molar-refractivity contribution >= 4 is 6.03 Å². The molecule has 0 saturated carbocycles. The van der Waals surface area contributed by atoms with Crippen LogP contribution in [0.4, 0.5) is 4.79 Å². The van der Waals surface area contributed by atoms with Gasteiger partial charge in [-0.3, -0.25) is 0 Å². The highest BCUT2D eigenvalue weighted by Gasteiger charge is 2.14. The molecule has 0 fully saturated rings. The highest BCUT2D eigenvalue weighted by atomic mass is 16.5. The van der Waals surface area contributed by atoms with Gasteiger partial charge < -0.3 is 15.0 Å². The zero-order valence-electron chi connectivity index (χ0n) is 12.9. The fourth-order valence-corrected chi connectivity index (χ4v) is 2.18. The molecule has 0 radical (unpaired) electrons. The van der Waals surface area contributed by atoms with Crippen molar-refractivity contribution < 1.29 is 9.53 Å². The number of carbonyl (C=O) groups excluding carboxylic acids is 1. The van der Waals surface area contributed by atoms with Gasteiger partial charge in [0.05, 0.1) is 6.61 Å². The second kappa shape index (κ2) is 8.85. The Morgan fingerprint density at radius 3 is 1.91 bits per heavy atom. The van der Waals surface area contributed by atoms with Gasteiger partial charge >= 0.3 is 6.03 Å². The van der Waals surface area contributed by atoms with Crippen LogP contribution in [0.2, 0.25) is 0 Å². The van der Waals surface area contributed by atoms with Gasteiger partial charge in [0.25, 0.3) is 0 Å². The fourth-order valence-electron chi connectivity index (χ4n) is 2.18. The zero-order chi connectivity index (χ0) is 15.6. The molecular formula is C18H22N2O2. The van der Waals surface area contributed by atoms with E-state index >= 15 is 0 Å². The maximum absolute atomic E-state index is 12.4. The fraction of sp³-hybridized carbons (Fsp3) is 0.278. The molecule has 116 valence electrons. The number of hydrogen-bond acceptors (Lipinski definition) is 2. The van der Waals surface area contributed by atoms with Crippen molar-refractivity contribution in [1.82, 2.24) is 10.2 Å². The maximum atomic E-state index is 12.4. The molecule has 2 amide bonds. The lowest BCUT2D eigenvalue weighted by molar-refractivity contribution is 0.176. The number of hydrogen-bond donors (Lipinski definition) is 1. The standard InChI is InChI=1S/C18H22N2O2/c1-22-13-12-19-18(21)20(14-16-8-4-2-5-9-16)15-17-10-6-3-7-11-17/h2-11H,12-15H2,1H3,(H,19,21). The lowest BCUT2D eigenvalue weighted by atomic mass is 10.2. The number of nitrogens with one attached hydrogen (secondary N) is 1. The SMILES string of the molecule is COCCNC(=O)N(Cc1ccccc1)Cc1ccccc1. The first kappa shape index (κ1) is 16.0. The molecule has 0 saturated heterocycles. The molecule has 0 aliphatic rings. The van der Waals surface area contributed by atoms with Gasteiger partial charge in [-0.1, -0.05) is 60.7 Å². The van der Waals surface area contributed by atoms with Gasteiger partial charge in [-0.15, -0.1) is 0 Å². The van der Waals surface area contributed by atoms with E-state index in [4.69, 9.17) is 4.74 Å². The third-order valence-corrected chi connectivity index (χ3v) is 3.30. The molecule has 2 aromatic carbocycles. The predicted octanol–water partition coefficient (Wildman–Crippen LogP) is 3.04. The monoisotopic (exact) mass is 298 g/mol. The van der Waals surface area contributed by atoms with Crippen molar-refractivity contribution in [3.8, 4) is 0 Å². The van der Waals surface area contributed by atoms with Crippen LogP contribution in [-0.2, 0) is 17.8 Å². The predicted molar refractivity (Wildman–Crippen MR) is 87.4 cm³/mol. The number of rotatable bonds is 7. The van der Waals surface area contributed by atoms with Gasteiger partial charge in [0.2, 0.25) is 0 Å². The van der Waals surface area contributed by atoms with E-state index in [9.17, 15) is 4.79 Å². The number of urea groups is 1. The van der Waals surface area contributed by atoms with Gasteiger partial charge in [-0.05, 0) is 11.1 Å². The Morgan fingerprint density at radius 2 is 1.45 bits per heavy atom. The molecule has 22 heavy (non-hydrogen) atoms. The molecule has 0 atom stereocenters. The number of carbonyl (C=O) groups is 1. The highest BCUT2D eigenvalue weighted by Crippen LogP contribution is 2.10. The second-order valence-corrected chi connectivity index (χ2v) is 5.05. The van der Waals surface area contributed by atoms with Crippen molar-refractivity contribution in [2.75, 3.05) is 20.3 Å². The summed E-state index contributed by atoms with van der Waals surface area (Å²) in [6, 6.07) is 19.9. The number of ether oxygens (including phenoxy) is 1. The summed E-state index contributed by atoms with van der Waals surface area (Å²) in [5, 5.41) is 2.89.